The fraction of sp³-hybridized carbons (Fsp3) is 0.182. The minimum Gasteiger partial charge on any atom is -0.367 e. The number of nitro benzene ring substituents is 1. The van der Waals surface area contributed by atoms with Crippen molar-refractivity contribution >= 4 is 23.4 Å². The maximum absolute atomic E-state index is 11.8. The van der Waals surface area contributed by atoms with E-state index < -0.39 is 28.7 Å². The highest BCUT2D eigenvalue weighted by atomic mass is 16.6. The standard InChI is InChI=1S/C11H12N4O5/c1-5-4-6(2-3-7(5)15(19)20)11(18)14-8(9(12)16)10(13)17/h2-4,8H,1H3,(H2,12,16)(H2,13,17)(H,14,18). The van der Waals surface area contributed by atoms with Gasteiger partial charge >= 0.3 is 0 Å². The van der Waals surface area contributed by atoms with Crippen LogP contribution in [0, 0.1) is 17.0 Å². The summed E-state index contributed by atoms with van der Waals surface area (Å²) in [7, 11) is 0. The van der Waals surface area contributed by atoms with E-state index in [2.05, 4.69) is 5.32 Å². The summed E-state index contributed by atoms with van der Waals surface area (Å²) in [5.74, 6) is -2.97. The summed E-state index contributed by atoms with van der Waals surface area (Å²) >= 11 is 0. The lowest BCUT2D eigenvalue weighted by Crippen LogP contribution is -2.52. The fourth-order valence-corrected chi connectivity index (χ4v) is 1.50. The van der Waals surface area contributed by atoms with E-state index in [1.807, 2.05) is 0 Å². The molecule has 0 bridgehead atoms. The molecule has 0 aliphatic rings. The molecule has 0 saturated carbocycles. The smallest absolute Gasteiger partial charge is 0.272 e. The minimum atomic E-state index is -1.64. The van der Waals surface area contributed by atoms with Crippen molar-refractivity contribution in [1.82, 2.24) is 5.32 Å². The van der Waals surface area contributed by atoms with Crippen LogP contribution in [0.1, 0.15) is 15.9 Å². The number of primary amides is 2. The maximum atomic E-state index is 11.8. The van der Waals surface area contributed by atoms with E-state index in [0.29, 0.717) is 0 Å². The molecule has 0 heterocycles. The average Bonchev–Trinajstić information content (AvgIpc) is 2.34. The van der Waals surface area contributed by atoms with Crippen LogP contribution >= 0.6 is 0 Å². The zero-order valence-corrected chi connectivity index (χ0v) is 10.5. The second-order valence-corrected chi connectivity index (χ2v) is 3.97. The number of hydrogen-bond acceptors (Lipinski definition) is 5. The minimum absolute atomic E-state index is 0.0422. The van der Waals surface area contributed by atoms with E-state index >= 15 is 0 Å². The number of amides is 3. The normalized spacial score (nSPS) is 10.1. The summed E-state index contributed by atoms with van der Waals surface area (Å²) in [6.07, 6.45) is 0. The van der Waals surface area contributed by atoms with E-state index in [4.69, 9.17) is 11.5 Å². The molecule has 20 heavy (non-hydrogen) atoms. The number of carbonyl (C=O) groups is 3. The van der Waals surface area contributed by atoms with Crippen LogP contribution < -0.4 is 16.8 Å². The first-order valence-electron chi connectivity index (χ1n) is 5.38. The Morgan fingerprint density at radius 3 is 2.20 bits per heavy atom. The predicted molar refractivity (Wildman–Crippen MR) is 67.5 cm³/mol. The van der Waals surface area contributed by atoms with Gasteiger partial charge in [-0.25, -0.2) is 0 Å². The van der Waals surface area contributed by atoms with Crippen LogP contribution in [0.4, 0.5) is 5.69 Å². The molecule has 9 heteroatoms. The van der Waals surface area contributed by atoms with Crippen LogP contribution in [-0.2, 0) is 9.59 Å². The van der Waals surface area contributed by atoms with E-state index in [9.17, 15) is 24.5 Å². The summed E-state index contributed by atoms with van der Waals surface area (Å²) in [4.78, 5) is 43.7. The molecule has 0 atom stereocenters. The monoisotopic (exact) mass is 280 g/mol. The van der Waals surface area contributed by atoms with E-state index in [1.54, 1.807) is 0 Å². The molecular formula is C11H12N4O5. The van der Waals surface area contributed by atoms with Gasteiger partial charge in [0.1, 0.15) is 0 Å². The Kier molecular flexibility index (Phi) is 4.36. The summed E-state index contributed by atoms with van der Waals surface area (Å²) in [6, 6.07) is 1.96. The molecule has 106 valence electrons. The number of hydrogen-bond donors (Lipinski definition) is 3. The molecule has 0 aromatic heterocycles. The lowest BCUT2D eigenvalue weighted by atomic mass is 10.1. The SMILES string of the molecule is Cc1cc(C(=O)NC(C(N)=O)C(N)=O)ccc1[N+](=O)[O-]. The lowest BCUT2D eigenvalue weighted by Gasteiger charge is -2.12. The number of aryl methyl sites for hydroxylation is 1. The molecule has 9 nitrogen and oxygen atoms in total. The van der Waals surface area contributed by atoms with Gasteiger partial charge in [0.05, 0.1) is 4.92 Å². The average molecular weight is 280 g/mol. The lowest BCUT2D eigenvalue weighted by molar-refractivity contribution is -0.385. The molecule has 3 amide bonds. The molecule has 0 aliphatic carbocycles. The van der Waals surface area contributed by atoms with Crippen molar-refractivity contribution in [3.05, 3.63) is 39.4 Å². The van der Waals surface area contributed by atoms with Gasteiger partial charge in [-0.3, -0.25) is 24.5 Å². The Labute approximate surface area is 113 Å². The number of nitrogens with one attached hydrogen (secondary N) is 1. The van der Waals surface area contributed by atoms with Gasteiger partial charge in [-0.2, -0.15) is 0 Å². The number of nitro groups is 1. The summed E-state index contributed by atoms with van der Waals surface area (Å²) in [6.45, 7) is 1.45. The van der Waals surface area contributed by atoms with Crippen LogP contribution in [-0.4, -0.2) is 28.7 Å². The predicted octanol–water partition coefficient (Wildman–Crippen LogP) is -1.03. The topological polar surface area (TPSA) is 158 Å². The third kappa shape index (κ3) is 3.28. The van der Waals surface area contributed by atoms with E-state index in [-0.39, 0.29) is 16.8 Å². The van der Waals surface area contributed by atoms with Gasteiger partial charge in [-0.1, -0.05) is 0 Å². The van der Waals surface area contributed by atoms with Gasteiger partial charge in [0.2, 0.25) is 11.8 Å². The fourth-order valence-electron chi connectivity index (χ4n) is 1.50. The van der Waals surface area contributed by atoms with Crippen molar-refractivity contribution in [2.24, 2.45) is 11.5 Å². The molecule has 5 N–H and O–H groups in total. The highest BCUT2D eigenvalue weighted by molar-refractivity contribution is 6.08. The first-order chi connectivity index (χ1) is 9.23. The van der Waals surface area contributed by atoms with Gasteiger partial charge in [0.15, 0.2) is 6.04 Å². The molecular weight excluding hydrogens is 268 g/mol. The van der Waals surface area contributed by atoms with Crippen molar-refractivity contribution < 1.29 is 19.3 Å². The van der Waals surface area contributed by atoms with Crippen LogP contribution in [0.25, 0.3) is 0 Å². The molecule has 0 fully saturated rings. The molecule has 0 saturated heterocycles. The summed E-state index contributed by atoms with van der Waals surface area (Å²) in [5.41, 5.74) is 9.98. The van der Waals surface area contributed by atoms with Crippen molar-refractivity contribution in [2.45, 2.75) is 13.0 Å². The molecule has 0 unspecified atom stereocenters. The second kappa shape index (κ2) is 5.78. The Balaban J connectivity index is 2.98. The van der Waals surface area contributed by atoms with E-state index in [0.717, 1.165) is 6.07 Å². The van der Waals surface area contributed by atoms with Crippen molar-refractivity contribution in [3.8, 4) is 0 Å². The zero-order valence-electron chi connectivity index (χ0n) is 10.5. The number of nitrogens with zero attached hydrogens (tertiary/aromatic N) is 1. The van der Waals surface area contributed by atoms with Crippen LogP contribution in [0.15, 0.2) is 18.2 Å². The van der Waals surface area contributed by atoms with Crippen LogP contribution in [0.3, 0.4) is 0 Å². The van der Waals surface area contributed by atoms with Gasteiger partial charge in [0.25, 0.3) is 11.6 Å². The molecule has 1 aromatic rings. The van der Waals surface area contributed by atoms with Crippen LogP contribution in [0.5, 0.6) is 0 Å². The molecule has 1 aromatic carbocycles. The van der Waals surface area contributed by atoms with Gasteiger partial charge < -0.3 is 16.8 Å². The van der Waals surface area contributed by atoms with Crippen molar-refractivity contribution in [3.63, 3.8) is 0 Å². The Bertz CT molecular complexity index is 584. The highest BCUT2D eigenvalue weighted by Gasteiger charge is 2.24. The van der Waals surface area contributed by atoms with Gasteiger partial charge in [-0.15, -0.1) is 0 Å². The summed E-state index contributed by atoms with van der Waals surface area (Å²) < 4.78 is 0. The first kappa shape index (κ1) is 15.1. The first-order valence-corrected chi connectivity index (χ1v) is 5.38. The quantitative estimate of drug-likeness (QED) is 0.357. The van der Waals surface area contributed by atoms with Gasteiger partial charge in [0, 0.05) is 17.2 Å². The largest absolute Gasteiger partial charge is 0.367 e. The third-order valence-electron chi connectivity index (χ3n) is 2.50. The Morgan fingerprint density at radius 1 is 1.25 bits per heavy atom. The third-order valence-corrected chi connectivity index (χ3v) is 2.50. The van der Waals surface area contributed by atoms with E-state index in [1.165, 1.54) is 19.1 Å². The molecule has 1 rings (SSSR count). The molecule has 0 aliphatic heterocycles. The number of nitrogens with two attached hydrogens (primary N) is 2. The Hall–Kier alpha value is -2.97. The number of benzene rings is 1. The number of rotatable bonds is 5. The molecule has 0 radical (unpaired) electrons. The van der Waals surface area contributed by atoms with Crippen LogP contribution in [0.2, 0.25) is 0 Å². The maximum Gasteiger partial charge on any atom is 0.272 e. The zero-order chi connectivity index (χ0) is 15.4. The summed E-state index contributed by atoms with van der Waals surface area (Å²) in [5, 5.41) is 12.7. The highest BCUT2D eigenvalue weighted by Crippen LogP contribution is 2.18. The van der Waals surface area contributed by atoms with Crippen molar-refractivity contribution in [2.75, 3.05) is 0 Å². The second-order valence-electron chi connectivity index (χ2n) is 3.97. The number of carbonyl (C=O) groups excluding carboxylic acids is 3. The Morgan fingerprint density at radius 2 is 1.80 bits per heavy atom. The van der Waals surface area contributed by atoms with Crippen molar-refractivity contribution in [1.29, 1.82) is 0 Å². The molecule has 0 spiro atoms. The van der Waals surface area contributed by atoms with Gasteiger partial charge in [-0.05, 0) is 19.1 Å².